The van der Waals surface area contributed by atoms with Crippen LogP contribution in [0.25, 0.3) is 0 Å². The van der Waals surface area contributed by atoms with Gasteiger partial charge in [0, 0.05) is 25.9 Å². The number of ketones is 1. The minimum absolute atomic E-state index is 0.00000472. The van der Waals surface area contributed by atoms with E-state index in [2.05, 4.69) is 5.32 Å². The lowest BCUT2D eigenvalue weighted by Gasteiger charge is -2.45. The molecule has 1 aliphatic rings. The molecule has 0 bridgehead atoms. The number of carbonyl (C=O) groups is 3. The summed E-state index contributed by atoms with van der Waals surface area (Å²) in [5.41, 5.74) is 0.670. The summed E-state index contributed by atoms with van der Waals surface area (Å²) in [5.74, 6) is -3.56. The van der Waals surface area contributed by atoms with Gasteiger partial charge in [0.25, 0.3) is 5.92 Å². The third kappa shape index (κ3) is 7.96. The molecule has 1 saturated carbocycles. The molecule has 2 aromatic rings. The Morgan fingerprint density at radius 1 is 1.00 bits per heavy atom. The number of urea groups is 1. The molecular weight excluding hydrogens is 550 g/mol. The lowest BCUT2D eigenvalue weighted by Crippen LogP contribution is -2.68. The fourth-order valence-electron chi connectivity index (χ4n) is 4.94. The van der Waals surface area contributed by atoms with Crippen molar-refractivity contribution in [3.8, 4) is 11.5 Å². The SMILES string of the molecule is CCOC(=O)C1(NC(=O)N(CCOCc2ccccc2)Cc2cc(OCC)c(C(C)=O)c(OCC)c2C)CC(F)(F)C1. The molecular formula is C31H40F2N2O7. The van der Waals surface area contributed by atoms with Crippen LogP contribution in [0.1, 0.15) is 67.6 Å². The standard InChI is InChI=1S/C31H40F2N2O7/c1-6-40-25-16-24(21(4)27(41-7-2)26(25)22(5)36)17-35(14-15-39-18-23-12-10-9-11-13-23)29(38)34-30(28(37)42-8-3)19-31(32,33)20-30/h9-13,16H,6-8,14-15,17-20H2,1-5H3,(H,34,38). The van der Waals surface area contributed by atoms with Crippen LogP contribution < -0.4 is 14.8 Å². The number of Topliss-reactive ketones (excluding diaryl/α,β-unsaturated/α-hetero) is 1. The van der Waals surface area contributed by atoms with Crippen molar-refractivity contribution < 1.29 is 42.1 Å². The number of carbonyl (C=O) groups excluding carboxylic acids is 3. The van der Waals surface area contributed by atoms with Crippen LogP contribution in [0.4, 0.5) is 13.6 Å². The fourth-order valence-corrected chi connectivity index (χ4v) is 4.94. The van der Waals surface area contributed by atoms with Crippen LogP contribution in [-0.2, 0) is 27.4 Å². The minimum atomic E-state index is -3.10. The number of alkyl halides is 2. The van der Waals surface area contributed by atoms with Crippen molar-refractivity contribution in [3.05, 3.63) is 58.7 Å². The number of hydrogen-bond donors (Lipinski definition) is 1. The third-order valence-electron chi connectivity index (χ3n) is 6.94. The van der Waals surface area contributed by atoms with Crippen molar-refractivity contribution in [1.82, 2.24) is 10.2 Å². The predicted molar refractivity (Wildman–Crippen MR) is 152 cm³/mol. The van der Waals surface area contributed by atoms with E-state index in [0.717, 1.165) is 5.56 Å². The first-order chi connectivity index (χ1) is 20.0. The van der Waals surface area contributed by atoms with Gasteiger partial charge in [-0.1, -0.05) is 30.3 Å². The van der Waals surface area contributed by atoms with Crippen molar-refractivity contribution in [3.63, 3.8) is 0 Å². The summed E-state index contributed by atoms with van der Waals surface area (Å²) in [6.45, 7) is 9.45. The molecule has 1 aliphatic carbocycles. The highest BCUT2D eigenvalue weighted by atomic mass is 19.3. The Kier molecular flexibility index (Phi) is 11.3. The Morgan fingerprint density at radius 2 is 1.67 bits per heavy atom. The number of nitrogens with zero attached hydrogens (tertiary/aromatic N) is 1. The highest BCUT2D eigenvalue weighted by Gasteiger charge is 2.63. The topological polar surface area (TPSA) is 103 Å². The molecule has 230 valence electrons. The van der Waals surface area contributed by atoms with Gasteiger partial charge in [-0.2, -0.15) is 0 Å². The Labute approximate surface area is 245 Å². The van der Waals surface area contributed by atoms with Gasteiger partial charge >= 0.3 is 12.0 Å². The summed E-state index contributed by atoms with van der Waals surface area (Å²) in [5, 5.41) is 2.54. The monoisotopic (exact) mass is 590 g/mol. The van der Waals surface area contributed by atoms with Gasteiger partial charge in [0.05, 0.1) is 33.0 Å². The van der Waals surface area contributed by atoms with E-state index in [1.807, 2.05) is 30.3 Å². The summed E-state index contributed by atoms with van der Waals surface area (Å²) in [7, 11) is 0. The minimum Gasteiger partial charge on any atom is -0.493 e. The third-order valence-corrected chi connectivity index (χ3v) is 6.94. The predicted octanol–water partition coefficient (Wildman–Crippen LogP) is 5.45. The van der Waals surface area contributed by atoms with Gasteiger partial charge in [-0.05, 0) is 57.4 Å². The number of rotatable bonds is 15. The summed E-state index contributed by atoms with van der Waals surface area (Å²) < 4.78 is 50.4. The van der Waals surface area contributed by atoms with Gasteiger partial charge in [0.1, 0.15) is 17.1 Å². The van der Waals surface area contributed by atoms with Gasteiger partial charge in [-0.3, -0.25) is 4.79 Å². The van der Waals surface area contributed by atoms with Crippen molar-refractivity contribution in [2.75, 3.05) is 33.0 Å². The number of hydrogen-bond acceptors (Lipinski definition) is 7. The highest BCUT2D eigenvalue weighted by Crippen LogP contribution is 2.46. The molecule has 1 fully saturated rings. The first kappa shape index (κ1) is 32.8. The van der Waals surface area contributed by atoms with Gasteiger partial charge in [-0.15, -0.1) is 0 Å². The van der Waals surface area contributed by atoms with Crippen molar-refractivity contribution in [2.45, 2.75) is 72.1 Å². The van der Waals surface area contributed by atoms with Crippen LogP contribution in [0.3, 0.4) is 0 Å². The largest absolute Gasteiger partial charge is 0.493 e. The fraction of sp³-hybridized carbons (Fsp3) is 0.516. The van der Waals surface area contributed by atoms with E-state index >= 15 is 0 Å². The number of benzene rings is 2. The molecule has 0 unspecified atom stereocenters. The average Bonchev–Trinajstić information content (AvgIpc) is 2.92. The summed E-state index contributed by atoms with van der Waals surface area (Å²) in [6, 6.07) is 10.5. The highest BCUT2D eigenvalue weighted by molar-refractivity contribution is 6.00. The molecule has 42 heavy (non-hydrogen) atoms. The molecule has 11 heteroatoms. The maximum atomic E-state index is 14.0. The molecule has 3 rings (SSSR count). The van der Waals surface area contributed by atoms with Gasteiger partial charge < -0.3 is 29.2 Å². The second-order valence-electron chi connectivity index (χ2n) is 10.2. The Balaban J connectivity index is 1.92. The molecule has 9 nitrogen and oxygen atoms in total. The number of esters is 1. The Hall–Kier alpha value is -3.73. The molecule has 0 saturated heterocycles. The van der Waals surface area contributed by atoms with Crippen LogP contribution in [0.15, 0.2) is 36.4 Å². The van der Waals surface area contributed by atoms with Crippen LogP contribution in [0.5, 0.6) is 11.5 Å². The van der Waals surface area contributed by atoms with E-state index in [9.17, 15) is 23.2 Å². The molecule has 0 aromatic heterocycles. The van der Waals surface area contributed by atoms with E-state index in [1.165, 1.54) is 11.8 Å². The summed E-state index contributed by atoms with van der Waals surface area (Å²) >= 11 is 0. The summed E-state index contributed by atoms with van der Waals surface area (Å²) in [4.78, 5) is 40.2. The zero-order chi connectivity index (χ0) is 30.9. The van der Waals surface area contributed by atoms with E-state index < -0.39 is 36.3 Å². The van der Waals surface area contributed by atoms with Gasteiger partial charge in [-0.25, -0.2) is 18.4 Å². The first-order valence-electron chi connectivity index (χ1n) is 14.1. The number of amides is 2. The van der Waals surface area contributed by atoms with E-state index in [4.69, 9.17) is 18.9 Å². The first-order valence-corrected chi connectivity index (χ1v) is 14.1. The maximum Gasteiger partial charge on any atom is 0.332 e. The second-order valence-corrected chi connectivity index (χ2v) is 10.2. The van der Waals surface area contributed by atoms with Crippen molar-refractivity contribution in [1.29, 1.82) is 0 Å². The lowest BCUT2D eigenvalue weighted by atomic mass is 9.73. The quantitative estimate of drug-likeness (QED) is 0.167. The van der Waals surface area contributed by atoms with E-state index in [0.29, 0.717) is 48.0 Å². The lowest BCUT2D eigenvalue weighted by molar-refractivity contribution is -0.181. The molecule has 0 radical (unpaired) electrons. The molecule has 0 aliphatic heterocycles. The van der Waals surface area contributed by atoms with E-state index in [1.54, 1.807) is 33.8 Å². The van der Waals surface area contributed by atoms with Crippen molar-refractivity contribution in [2.24, 2.45) is 0 Å². The smallest absolute Gasteiger partial charge is 0.332 e. The van der Waals surface area contributed by atoms with E-state index in [-0.39, 0.29) is 32.1 Å². The van der Waals surface area contributed by atoms with Crippen LogP contribution in [0.2, 0.25) is 0 Å². The Morgan fingerprint density at radius 3 is 2.24 bits per heavy atom. The molecule has 1 N–H and O–H groups in total. The molecule has 2 aromatic carbocycles. The zero-order valence-electron chi connectivity index (χ0n) is 24.9. The average molecular weight is 591 g/mol. The van der Waals surface area contributed by atoms with Crippen LogP contribution in [-0.4, -0.2) is 67.1 Å². The number of halogens is 2. The molecule has 0 spiro atoms. The molecule has 0 atom stereocenters. The number of ether oxygens (including phenoxy) is 4. The zero-order valence-corrected chi connectivity index (χ0v) is 24.9. The Bertz CT molecular complexity index is 1250. The second kappa shape index (κ2) is 14.4. The molecule has 0 heterocycles. The molecule has 2 amide bonds. The summed E-state index contributed by atoms with van der Waals surface area (Å²) in [6.07, 6.45) is -1.70. The van der Waals surface area contributed by atoms with Crippen LogP contribution in [0, 0.1) is 6.92 Å². The van der Waals surface area contributed by atoms with Crippen LogP contribution >= 0.6 is 0 Å². The maximum absolute atomic E-state index is 14.0. The van der Waals surface area contributed by atoms with Crippen molar-refractivity contribution >= 4 is 17.8 Å². The number of nitrogens with one attached hydrogen (secondary N) is 1. The van der Waals surface area contributed by atoms with Gasteiger partial charge in [0.15, 0.2) is 11.3 Å². The normalized spacial score (nSPS) is 14.8. The van der Waals surface area contributed by atoms with Gasteiger partial charge in [0.2, 0.25) is 0 Å².